The van der Waals surface area contributed by atoms with Gasteiger partial charge in [0, 0.05) is 13.0 Å². The first kappa shape index (κ1) is 16.1. The van der Waals surface area contributed by atoms with E-state index < -0.39 is 48.2 Å². The topological polar surface area (TPSA) is 66.8 Å². The number of carbonyl (C=O) groups is 2. The predicted octanol–water partition coefficient (Wildman–Crippen LogP) is 2.22. The van der Waals surface area contributed by atoms with Crippen molar-refractivity contribution in [2.45, 2.75) is 18.5 Å². The van der Waals surface area contributed by atoms with Gasteiger partial charge in [-0.1, -0.05) is 12.1 Å². The van der Waals surface area contributed by atoms with Crippen molar-refractivity contribution in [3.63, 3.8) is 0 Å². The van der Waals surface area contributed by atoms with Crippen molar-refractivity contribution in [3.8, 4) is 5.75 Å². The van der Waals surface area contributed by atoms with E-state index in [0.29, 0.717) is 0 Å². The van der Waals surface area contributed by atoms with Gasteiger partial charge in [-0.3, -0.25) is 4.79 Å². The number of aliphatic carboxylic acids is 1. The number of amides is 1. The first-order valence-electron chi connectivity index (χ1n) is 6.19. The fourth-order valence-electron chi connectivity index (χ4n) is 2.15. The quantitative estimate of drug-likeness (QED) is 0.867. The Hall–Kier alpha value is -2.32. The second kappa shape index (κ2) is 5.47. The summed E-state index contributed by atoms with van der Waals surface area (Å²) in [5.74, 6) is -3.34. The van der Waals surface area contributed by atoms with Gasteiger partial charge in [0.2, 0.25) is 5.67 Å². The molecular weight excluding hydrogens is 310 g/mol. The summed E-state index contributed by atoms with van der Waals surface area (Å²) in [7, 11) is 0. The Bertz CT molecular complexity index is 604. The maximum Gasteiger partial charge on any atom is 0.573 e. The summed E-state index contributed by atoms with van der Waals surface area (Å²) in [4.78, 5) is 23.8. The lowest BCUT2D eigenvalue weighted by Crippen LogP contribution is -2.39. The first-order chi connectivity index (χ1) is 10.1. The van der Waals surface area contributed by atoms with Crippen LogP contribution in [0.5, 0.6) is 5.75 Å². The van der Waals surface area contributed by atoms with Crippen molar-refractivity contribution < 1.29 is 37.0 Å². The van der Waals surface area contributed by atoms with Crippen molar-refractivity contribution in [2.75, 3.05) is 13.1 Å². The van der Waals surface area contributed by atoms with Crippen LogP contribution in [0, 0.1) is 0 Å². The Morgan fingerprint density at radius 1 is 1.27 bits per heavy atom. The lowest BCUT2D eigenvalue weighted by atomic mass is 10.1. The van der Waals surface area contributed by atoms with Gasteiger partial charge in [0.25, 0.3) is 5.91 Å². The summed E-state index contributed by atoms with van der Waals surface area (Å²) in [6.07, 6.45) is -5.40. The molecule has 1 fully saturated rings. The summed E-state index contributed by atoms with van der Waals surface area (Å²) in [5, 5.41) is 8.76. The van der Waals surface area contributed by atoms with Crippen LogP contribution in [-0.4, -0.2) is 47.0 Å². The zero-order chi connectivity index (χ0) is 16.5. The number of nitrogens with zero attached hydrogens (tertiary/aromatic N) is 1. The largest absolute Gasteiger partial charge is 0.573 e. The molecule has 1 amide bonds. The van der Waals surface area contributed by atoms with Crippen LogP contribution in [0.25, 0.3) is 0 Å². The van der Waals surface area contributed by atoms with Gasteiger partial charge in [0.15, 0.2) is 0 Å². The van der Waals surface area contributed by atoms with Gasteiger partial charge in [-0.25, -0.2) is 9.18 Å². The molecule has 1 atom stereocenters. The van der Waals surface area contributed by atoms with Gasteiger partial charge in [-0.15, -0.1) is 13.2 Å². The molecule has 120 valence electrons. The molecular formula is C13H11F4NO4. The number of halogens is 4. The van der Waals surface area contributed by atoms with Gasteiger partial charge in [0.1, 0.15) is 5.75 Å². The van der Waals surface area contributed by atoms with Gasteiger partial charge < -0.3 is 14.7 Å². The molecule has 0 bridgehead atoms. The standard InChI is InChI=1S/C13H11F4NO4/c14-12(11(20)21)5-6-18(7-12)10(19)8-3-1-2-4-9(8)22-13(15,16)17/h1-4H,5-7H2,(H,20,21). The zero-order valence-electron chi connectivity index (χ0n) is 11.1. The molecule has 0 aliphatic carbocycles. The third-order valence-electron chi connectivity index (χ3n) is 3.23. The minimum atomic E-state index is -4.98. The number of para-hydroxylation sites is 1. The number of carboxylic acids is 1. The molecule has 1 aromatic carbocycles. The average Bonchev–Trinajstić information content (AvgIpc) is 2.81. The summed E-state index contributed by atoms with van der Waals surface area (Å²) >= 11 is 0. The number of hydrogen-bond donors (Lipinski definition) is 1. The molecule has 1 aliphatic heterocycles. The van der Waals surface area contributed by atoms with E-state index in [2.05, 4.69) is 4.74 Å². The number of likely N-dealkylation sites (tertiary alicyclic amines) is 1. The van der Waals surface area contributed by atoms with E-state index in [1.165, 1.54) is 12.1 Å². The molecule has 1 aliphatic rings. The van der Waals surface area contributed by atoms with Crippen LogP contribution in [0.1, 0.15) is 16.8 Å². The fourth-order valence-corrected chi connectivity index (χ4v) is 2.15. The second-order valence-electron chi connectivity index (χ2n) is 4.79. The summed E-state index contributed by atoms with van der Waals surface area (Å²) < 4.78 is 54.6. The predicted molar refractivity (Wildman–Crippen MR) is 65.1 cm³/mol. The molecule has 1 saturated heterocycles. The third-order valence-corrected chi connectivity index (χ3v) is 3.23. The van der Waals surface area contributed by atoms with E-state index in [4.69, 9.17) is 5.11 Å². The van der Waals surface area contributed by atoms with E-state index in [1.54, 1.807) is 0 Å². The highest BCUT2D eigenvalue weighted by atomic mass is 19.4. The van der Waals surface area contributed by atoms with Crippen molar-refractivity contribution in [3.05, 3.63) is 29.8 Å². The number of carboxylic acid groups (broad SMARTS) is 1. The number of carbonyl (C=O) groups excluding carboxylic acids is 1. The van der Waals surface area contributed by atoms with E-state index in [1.807, 2.05) is 0 Å². The van der Waals surface area contributed by atoms with Gasteiger partial charge >= 0.3 is 12.3 Å². The minimum Gasteiger partial charge on any atom is -0.479 e. The highest BCUT2D eigenvalue weighted by molar-refractivity contribution is 5.97. The molecule has 0 aromatic heterocycles. The van der Waals surface area contributed by atoms with Crippen LogP contribution in [0.15, 0.2) is 24.3 Å². The average molecular weight is 321 g/mol. The Morgan fingerprint density at radius 3 is 2.45 bits per heavy atom. The normalized spacial score (nSPS) is 21.7. The van der Waals surface area contributed by atoms with Crippen LogP contribution in [0.3, 0.4) is 0 Å². The van der Waals surface area contributed by atoms with Crippen LogP contribution >= 0.6 is 0 Å². The molecule has 5 nitrogen and oxygen atoms in total. The van der Waals surface area contributed by atoms with Crippen LogP contribution in [0.4, 0.5) is 17.6 Å². The van der Waals surface area contributed by atoms with Crippen molar-refractivity contribution in [1.82, 2.24) is 4.90 Å². The molecule has 2 rings (SSSR count). The molecule has 1 unspecified atom stereocenters. The summed E-state index contributed by atoms with van der Waals surface area (Å²) in [5.41, 5.74) is -3.00. The third kappa shape index (κ3) is 3.29. The van der Waals surface area contributed by atoms with E-state index in [-0.39, 0.29) is 6.54 Å². The van der Waals surface area contributed by atoms with Gasteiger partial charge in [0.05, 0.1) is 12.1 Å². The van der Waals surface area contributed by atoms with Crippen molar-refractivity contribution in [1.29, 1.82) is 0 Å². The lowest BCUT2D eigenvalue weighted by Gasteiger charge is -2.19. The number of rotatable bonds is 3. The monoisotopic (exact) mass is 321 g/mol. The van der Waals surface area contributed by atoms with Crippen LogP contribution < -0.4 is 4.74 Å². The molecule has 1 heterocycles. The Kier molecular flexibility index (Phi) is 3.99. The molecule has 0 spiro atoms. The molecule has 0 radical (unpaired) electrons. The molecule has 1 N–H and O–H groups in total. The van der Waals surface area contributed by atoms with E-state index in [0.717, 1.165) is 17.0 Å². The fraction of sp³-hybridized carbons (Fsp3) is 0.385. The van der Waals surface area contributed by atoms with Gasteiger partial charge in [-0.2, -0.15) is 0 Å². The highest BCUT2D eigenvalue weighted by Crippen LogP contribution is 2.31. The Morgan fingerprint density at radius 2 is 1.91 bits per heavy atom. The zero-order valence-corrected chi connectivity index (χ0v) is 11.1. The Labute approximate surface area is 122 Å². The molecule has 1 aromatic rings. The van der Waals surface area contributed by atoms with E-state index >= 15 is 0 Å². The van der Waals surface area contributed by atoms with Crippen LogP contribution in [0.2, 0.25) is 0 Å². The summed E-state index contributed by atoms with van der Waals surface area (Å²) in [6.45, 7) is -0.927. The van der Waals surface area contributed by atoms with Crippen molar-refractivity contribution in [2.24, 2.45) is 0 Å². The SMILES string of the molecule is O=C(c1ccccc1OC(F)(F)F)N1CCC(F)(C(=O)O)C1. The first-order valence-corrected chi connectivity index (χ1v) is 6.19. The van der Waals surface area contributed by atoms with Gasteiger partial charge in [-0.05, 0) is 12.1 Å². The lowest BCUT2D eigenvalue weighted by molar-refractivity contribution is -0.274. The van der Waals surface area contributed by atoms with Crippen molar-refractivity contribution >= 4 is 11.9 Å². The number of ether oxygens (including phenoxy) is 1. The Balaban J connectivity index is 2.23. The van der Waals surface area contributed by atoms with E-state index in [9.17, 15) is 27.2 Å². The van der Waals surface area contributed by atoms with Crippen LogP contribution in [-0.2, 0) is 4.79 Å². The number of alkyl halides is 4. The maximum absolute atomic E-state index is 13.9. The number of hydrogen-bond acceptors (Lipinski definition) is 3. The smallest absolute Gasteiger partial charge is 0.479 e. The summed E-state index contributed by atoms with van der Waals surface area (Å²) in [6, 6.07) is 4.63. The molecule has 0 saturated carbocycles. The highest BCUT2D eigenvalue weighted by Gasteiger charge is 2.47. The second-order valence-corrected chi connectivity index (χ2v) is 4.79. The maximum atomic E-state index is 13.9. The number of benzene rings is 1. The minimum absolute atomic E-state index is 0.206. The molecule has 9 heteroatoms. The molecule has 22 heavy (non-hydrogen) atoms.